The number of hydrogen-bond acceptors (Lipinski definition) is 7. The zero-order valence-electron chi connectivity index (χ0n) is 16.3. The summed E-state index contributed by atoms with van der Waals surface area (Å²) in [7, 11) is 0. The molecule has 0 spiro atoms. The summed E-state index contributed by atoms with van der Waals surface area (Å²) in [4.78, 5) is 32.6. The first kappa shape index (κ1) is 21.0. The Morgan fingerprint density at radius 2 is 1.81 bits per heavy atom. The number of carbonyl (C=O) groups is 2. The first-order valence-electron chi connectivity index (χ1n) is 9.39. The van der Waals surface area contributed by atoms with Gasteiger partial charge in [0.15, 0.2) is 0 Å². The molecule has 1 aromatic carbocycles. The maximum absolute atomic E-state index is 11.8. The summed E-state index contributed by atoms with van der Waals surface area (Å²) < 4.78 is 10.7. The number of rotatable bonds is 7. The van der Waals surface area contributed by atoms with Crippen LogP contribution >= 0.6 is 0 Å². The molecule has 0 aliphatic heterocycles. The van der Waals surface area contributed by atoms with Crippen molar-refractivity contribution in [2.75, 3.05) is 6.61 Å². The quantitative estimate of drug-likeness (QED) is 0.385. The lowest BCUT2D eigenvalue weighted by atomic mass is 9.75. The number of carbonyl (C=O) groups excluding carboxylic acids is 2. The van der Waals surface area contributed by atoms with Gasteiger partial charge in [0.2, 0.25) is 0 Å². The zero-order chi connectivity index (χ0) is 19.8. The molecular weight excluding hydrogens is 352 g/mol. The molecule has 1 fully saturated rings. The molecule has 3 unspecified atom stereocenters. The van der Waals surface area contributed by atoms with Crippen molar-refractivity contribution in [3.63, 3.8) is 0 Å². The Kier molecular flexibility index (Phi) is 7.91. The van der Waals surface area contributed by atoms with E-state index >= 15 is 0 Å². The average molecular weight is 380 g/mol. The standard InChI is InChI=1S/C20H28O7/c1-5-23-16-9-7-15(8-10-16)19(21)25-27-26-20(22)24-18-12-14(4)6-11-17(18)13(2)3/h7-10,13-14,17-18H,5-6,11-12H2,1-4H3. The molecule has 0 aromatic heterocycles. The van der Waals surface area contributed by atoms with Crippen LogP contribution in [0.15, 0.2) is 24.3 Å². The fourth-order valence-corrected chi connectivity index (χ4v) is 3.37. The summed E-state index contributed by atoms with van der Waals surface area (Å²) in [5, 5.41) is 4.30. The molecule has 3 atom stereocenters. The number of ether oxygens (including phenoxy) is 2. The second-order valence-electron chi connectivity index (χ2n) is 7.21. The van der Waals surface area contributed by atoms with Gasteiger partial charge in [-0.3, -0.25) is 4.89 Å². The largest absolute Gasteiger partial charge is 0.543 e. The average Bonchev–Trinajstić information content (AvgIpc) is 2.62. The van der Waals surface area contributed by atoms with E-state index in [1.54, 1.807) is 12.1 Å². The molecule has 0 radical (unpaired) electrons. The van der Waals surface area contributed by atoms with Gasteiger partial charge in [0, 0.05) is 0 Å². The molecule has 2 rings (SSSR count). The van der Waals surface area contributed by atoms with Gasteiger partial charge < -0.3 is 9.47 Å². The molecule has 7 nitrogen and oxygen atoms in total. The van der Waals surface area contributed by atoms with Crippen molar-refractivity contribution in [2.45, 2.75) is 53.1 Å². The van der Waals surface area contributed by atoms with Crippen molar-refractivity contribution in [1.82, 2.24) is 0 Å². The van der Waals surface area contributed by atoms with Crippen LogP contribution < -0.4 is 4.74 Å². The lowest BCUT2D eigenvalue weighted by Gasteiger charge is -2.36. The third-order valence-corrected chi connectivity index (χ3v) is 4.82. The van der Waals surface area contributed by atoms with E-state index in [0.717, 1.165) is 19.3 Å². The predicted octanol–water partition coefficient (Wildman–Crippen LogP) is 4.70. The van der Waals surface area contributed by atoms with Gasteiger partial charge in [0.05, 0.1) is 17.2 Å². The van der Waals surface area contributed by atoms with E-state index in [1.807, 2.05) is 6.92 Å². The highest BCUT2D eigenvalue weighted by Crippen LogP contribution is 2.35. The molecule has 0 amide bonds. The van der Waals surface area contributed by atoms with E-state index in [1.165, 1.54) is 12.1 Å². The van der Waals surface area contributed by atoms with Gasteiger partial charge in [-0.05, 0) is 61.8 Å². The molecule has 1 saturated carbocycles. The highest BCUT2D eigenvalue weighted by molar-refractivity contribution is 5.89. The lowest BCUT2D eigenvalue weighted by molar-refractivity contribution is -0.453. The Morgan fingerprint density at radius 1 is 1.11 bits per heavy atom. The minimum absolute atomic E-state index is 0.230. The third-order valence-electron chi connectivity index (χ3n) is 4.82. The molecule has 1 aromatic rings. The van der Waals surface area contributed by atoms with Crippen molar-refractivity contribution in [3.8, 4) is 5.75 Å². The van der Waals surface area contributed by atoms with Gasteiger partial charge in [0.1, 0.15) is 11.9 Å². The second-order valence-corrected chi connectivity index (χ2v) is 7.21. The molecule has 7 heteroatoms. The van der Waals surface area contributed by atoms with Crippen LogP contribution in [-0.4, -0.2) is 24.8 Å². The van der Waals surface area contributed by atoms with Crippen LogP contribution in [0.2, 0.25) is 0 Å². The Hall–Kier alpha value is -2.28. The highest BCUT2D eigenvalue weighted by atomic mass is 17.5. The van der Waals surface area contributed by atoms with Crippen LogP contribution in [0, 0.1) is 17.8 Å². The smallest absolute Gasteiger partial charge is 0.494 e. The third kappa shape index (κ3) is 6.43. The van der Waals surface area contributed by atoms with Crippen LogP contribution in [0.25, 0.3) is 0 Å². The van der Waals surface area contributed by atoms with Crippen LogP contribution in [0.5, 0.6) is 5.75 Å². The van der Waals surface area contributed by atoms with Gasteiger partial charge >= 0.3 is 12.1 Å². The Balaban J connectivity index is 1.76. The van der Waals surface area contributed by atoms with Gasteiger partial charge in [-0.25, -0.2) is 14.5 Å². The van der Waals surface area contributed by atoms with Crippen LogP contribution in [0.4, 0.5) is 4.79 Å². The van der Waals surface area contributed by atoms with E-state index in [0.29, 0.717) is 24.2 Å². The Morgan fingerprint density at radius 3 is 2.44 bits per heavy atom. The summed E-state index contributed by atoms with van der Waals surface area (Å²) in [6.07, 6.45) is 1.66. The molecule has 27 heavy (non-hydrogen) atoms. The molecule has 0 bridgehead atoms. The van der Waals surface area contributed by atoms with E-state index < -0.39 is 12.1 Å². The summed E-state index contributed by atoms with van der Waals surface area (Å²) in [6, 6.07) is 6.30. The fraction of sp³-hybridized carbons (Fsp3) is 0.600. The minimum Gasteiger partial charge on any atom is -0.494 e. The fourth-order valence-electron chi connectivity index (χ4n) is 3.37. The lowest BCUT2D eigenvalue weighted by Crippen LogP contribution is -2.36. The number of benzene rings is 1. The zero-order valence-corrected chi connectivity index (χ0v) is 16.3. The van der Waals surface area contributed by atoms with E-state index in [9.17, 15) is 9.59 Å². The van der Waals surface area contributed by atoms with Crippen molar-refractivity contribution < 1.29 is 33.9 Å². The second kappa shape index (κ2) is 10.2. The van der Waals surface area contributed by atoms with E-state index in [4.69, 9.17) is 9.47 Å². The molecule has 0 saturated heterocycles. The van der Waals surface area contributed by atoms with Crippen molar-refractivity contribution in [3.05, 3.63) is 29.8 Å². The van der Waals surface area contributed by atoms with Crippen LogP contribution in [0.3, 0.4) is 0 Å². The maximum atomic E-state index is 11.8. The van der Waals surface area contributed by atoms with Gasteiger partial charge in [0.25, 0.3) is 0 Å². The van der Waals surface area contributed by atoms with Crippen LogP contribution in [0.1, 0.15) is 57.3 Å². The Bertz CT molecular complexity index is 611. The predicted molar refractivity (Wildman–Crippen MR) is 96.8 cm³/mol. The minimum atomic E-state index is -1.01. The highest BCUT2D eigenvalue weighted by Gasteiger charge is 2.34. The molecule has 0 heterocycles. The maximum Gasteiger partial charge on any atom is 0.543 e. The summed E-state index contributed by atoms with van der Waals surface area (Å²) in [5.41, 5.74) is 0.233. The Labute approximate surface area is 159 Å². The SMILES string of the molecule is CCOc1ccc(C(=O)OOOC(=O)OC2CC(C)CCC2C(C)C)cc1. The van der Waals surface area contributed by atoms with Gasteiger partial charge in [-0.2, -0.15) is 0 Å². The molecule has 1 aliphatic carbocycles. The van der Waals surface area contributed by atoms with Crippen LogP contribution in [-0.2, 0) is 19.6 Å². The number of hydrogen-bond donors (Lipinski definition) is 0. The molecular formula is C20H28O7. The topological polar surface area (TPSA) is 80.3 Å². The van der Waals surface area contributed by atoms with Crippen molar-refractivity contribution in [1.29, 1.82) is 0 Å². The normalized spacial score (nSPS) is 22.2. The summed E-state index contributed by atoms with van der Waals surface area (Å²) in [6.45, 7) is 8.74. The van der Waals surface area contributed by atoms with Crippen molar-refractivity contribution in [2.24, 2.45) is 17.8 Å². The first-order valence-corrected chi connectivity index (χ1v) is 9.39. The van der Waals surface area contributed by atoms with Gasteiger partial charge in [-0.15, -0.1) is 0 Å². The summed E-state index contributed by atoms with van der Waals surface area (Å²) in [5.74, 6) is 0.999. The van der Waals surface area contributed by atoms with E-state index in [-0.39, 0.29) is 17.6 Å². The van der Waals surface area contributed by atoms with Crippen molar-refractivity contribution >= 4 is 12.1 Å². The summed E-state index contributed by atoms with van der Waals surface area (Å²) >= 11 is 0. The van der Waals surface area contributed by atoms with Gasteiger partial charge in [-0.1, -0.05) is 27.2 Å². The van der Waals surface area contributed by atoms with E-state index in [2.05, 4.69) is 35.6 Å². The molecule has 1 aliphatic rings. The molecule has 0 N–H and O–H groups in total. The molecule has 150 valence electrons. The first-order chi connectivity index (χ1) is 12.9. The monoisotopic (exact) mass is 380 g/mol.